The predicted molar refractivity (Wildman–Crippen MR) is 173 cm³/mol. The van der Waals surface area contributed by atoms with Crippen molar-refractivity contribution >= 4 is 11.0 Å². The van der Waals surface area contributed by atoms with Crippen LogP contribution in [-0.2, 0) is 18.9 Å². The van der Waals surface area contributed by atoms with Crippen LogP contribution in [0.2, 0.25) is 0 Å². The van der Waals surface area contributed by atoms with E-state index in [1.807, 2.05) is 0 Å². The quantitative estimate of drug-likeness (QED) is 0.0917. The summed E-state index contributed by atoms with van der Waals surface area (Å²) in [6.07, 6.45) is -26.0. The highest BCUT2D eigenvalue weighted by atomic mass is 16.8. The van der Waals surface area contributed by atoms with Gasteiger partial charge in [0.2, 0.25) is 23.8 Å². The van der Waals surface area contributed by atoms with E-state index in [1.165, 1.54) is 13.0 Å². The molecule has 0 saturated carbocycles. The smallest absolute Gasteiger partial charge is 0.239 e. The van der Waals surface area contributed by atoms with E-state index < -0.39 is 150 Å². The highest BCUT2D eigenvalue weighted by Crippen LogP contribution is 2.41. The van der Waals surface area contributed by atoms with Crippen LogP contribution >= 0.6 is 0 Å². The van der Waals surface area contributed by atoms with Crippen LogP contribution in [-0.4, -0.2) is 172 Å². The van der Waals surface area contributed by atoms with Crippen molar-refractivity contribution in [2.75, 3.05) is 13.2 Å². The van der Waals surface area contributed by atoms with Gasteiger partial charge in [-0.2, -0.15) is 0 Å². The topological polar surface area (TPSA) is 349 Å². The van der Waals surface area contributed by atoms with Crippen LogP contribution < -0.4 is 14.9 Å². The molecule has 21 heteroatoms. The van der Waals surface area contributed by atoms with E-state index in [2.05, 4.69) is 0 Å². The average Bonchev–Trinajstić information content (AvgIpc) is 3.14. The Morgan fingerprint density at radius 3 is 1.89 bits per heavy atom. The fraction of sp³-hybridized carbons (Fsp3) is 0.545. The molecule has 0 bridgehead atoms. The van der Waals surface area contributed by atoms with Crippen molar-refractivity contribution in [3.8, 4) is 40.1 Å². The van der Waals surface area contributed by atoms with E-state index in [0.29, 0.717) is 0 Å². The van der Waals surface area contributed by atoms with Crippen molar-refractivity contribution in [3.05, 3.63) is 40.6 Å². The minimum atomic E-state index is -2.03. The Kier molecular flexibility index (Phi) is 11.5. The zero-order chi connectivity index (χ0) is 39.3. The second kappa shape index (κ2) is 15.7. The number of aromatic hydroxyl groups is 3. The van der Waals surface area contributed by atoms with Crippen LogP contribution in [0.15, 0.2) is 39.5 Å². The molecule has 0 radical (unpaired) electrons. The Morgan fingerprint density at radius 1 is 0.630 bits per heavy atom. The van der Waals surface area contributed by atoms with E-state index in [4.69, 9.17) is 32.8 Å². The van der Waals surface area contributed by atoms with Gasteiger partial charge in [-0.1, -0.05) is 0 Å². The van der Waals surface area contributed by atoms with E-state index in [0.717, 1.165) is 24.3 Å². The van der Waals surface area contributed by atoms with Crippen molar-refractivity contribution in [1.82, 2.24) is 0 Å². The molecule has 3 aromatic rings. The van der Waals surface area contributed by atoms with Gasteiger partial charge >= 0.3 is 0 Å². The molecular weight excluding hydrogens is 732 g/mol. The van der Waals surface area contributed by atoms with Crippen LogP contribution in [0.4, 0.5) is 0 Å². The Labute approximate surface area is 303 Å². The maximum absolute atomic E-state index is 14.2. The summed E-state index contributed by atoms with van der Waals surface area (Å²) < 4.78 is 39.7. The molecule has 1 aromatic heterocycles. The molecule has 3 aliphatic heterocycles. The standard InChI is InChI=1S/C33H40O21/c1-9-19(39)23(43)26(46)31(48-9)49-11-5-14(38)18-15(6-11)50-28(10-2-3-12(36)13(37)4-10)29(22(18)42)53-33-30(25(45)21(41)17(8-35)52-33)54-32-27(47)24(44)20(40)16(7-34)51-32/h2-6,9,16-17,19-21,23-27,30-41,43-47H,7-8H2,1H3. The lowest BCUT2D eigenvalue weighted by Gasteiger charge is -2.45. The minimum absolute atomic E-state index is 0.136. The Hall–Kier alpha value is -3.91. The first-order valence-electron chi connectivity index (χ1n) is 16.5. The summed E-state index contributed by atoms with van der Waals surface area (Å²) in [6, 6.07) is 5.20. The molecule has 15 unspecified atom stereocenters. The van der Waals surface area contributed by atoms with Gasteiger partial charge in [-0.05, 0) is 25.1 Å². The number of hydrogen-bond acceptors (Lipinski definition) is 21. The van der Waals surface area contributed by atoms with E-state index in [1.54, 1.807) is 0 Å². The summed E-state index contributed by atoms with van der Waals surface area (Å²) in [4.78, 5) is 14.2. The van der Waals surface area contributed by atoms with E-state index in [-0.39, 0.29) is 11.3 Å². The number of aliphatic hydroxyl groups excluding tert-OH is 10. The van der Waals surface area contributed by atoms with Crippen molar-refractivity contribution in [2.24, 2.45) is 0 Å². The number of phenolic OH excluding ortho intramolecular Hbond substituents is 3. The molecule has 13 N–H and O–H groups in total. The third-order valence-corrected chi connectivity index (χ3v) is 9.40. The molecule has 298 valence electrons. The maximum Gasteiger partial charge on any atom is 0.239 e. The zero-order valence-corrected chi connectivity index (χ0v) is 28.0. The van der Waals surface area contributed by atoms with Crippen molar-refractivity contribution in [3.63, 3.8) is 0 Å². The number of ether oxygens (including phenoxy) is 6. The van der Waals surface area contributed by atoms with Crippen LogP contribution in [0, 0.1) is 0 Å². The van der Waals surface area contributed by atoms with Gasteiger partial charge in [-0.25, -0.2) is 0 Å². The molecule has 0 amide bonds. The fourth-order valence-electron chi connectivity index (χ4n) is 6.28. The first-order chi connectivity index (χ1) is 25.6. The monoisotopic (exact) mass is 772 g/mol. The second-order valence-corrected chi connectivity index (χ2v) is 13.0. The van der Waals surface area contributed by atoms with Gasteiger partial charge in [0.15, 0.2) is 29.7 Å². The first-order valence-corrected chi connectivity index (χ1v) is 16.5. The molecule has 0 spiro atoms. The Bertz CT molecular complexity index is 1850. The number of hydrogen-bond donors (Lipinski definition) is 13. The molecule has 4 heterocycles. The summed E-state index contributed by atoms with van der Waals surface area (Å²) in [6.45, 7) is -0.348. The third kappa shape index (κ3) is 7.27. The number of rotatable bonds is 9. The summed E-state index contributed by atoms with van der Waals surface area (Å²) in [7, 11) is 0. The first kappa shape index (κ1) is 39.8. The molecular formula is C33H40O21. The Balaban J connectivity index is 1.43. The molecule has 0 aliphatic carbocycles. The lowest BCUT2D eigenvalue weighted by molar-refractivity contribution is -0.358. The highest BCUT2D eigenvalue weighted by molar-refractivity contribution is 5.88. The van der Waals surface area contributed by atoms with Gasteiger partial charge in [0.25, 0.3) is 0 Å². The number of fused-ring (bicyclic) bond motifs is 1. The number of benzene rings is 2. The summed E-state index contributed by atoms with van der Waals surface area (Å²) in [5.41, 5.74) is -1.67. The van der Waals surface area contributed by atoms with Crippen molar-refractivity contribution in [1.29, 1.82) is 0 Å². The van der Waals surface area contributed by atoms with Gasteiger partial charge in [-0.3, -0.25) is 4.79 Å². The van der Waals surface area contributed by atoms with E-state index in [9.17, 15) is 71.2 Å². The largest absolute Gasteiger partial charge is 0.507 e. The highest BCUT2D eigenvalue weighted by Gasteiger charge is 2.52. The lowest BCUT2D eigenvalue weighted by Crippen LogP contribution is -2.65. The van der Waals surface area contributed by atoms with Crippen LogP contribution in [0.5, 0.6) is 28.7 Å². The van der Waals surface area contributed by atoms with Crippen molar-refractivity contribution in [2.45, 2.75) is 99.0 Å². The fourth-order valence-corrected chi connectivity index (χ4v) is 6.28. The van der Waals surface area contributed by atoms with Crippen LogP contribution in [0.3, 0.4) is 0 Å². The molecule has 6 rings (SSSR count). The number of phenols is 3. The van der Waals surface area contributed by atoms with Crippen molar-refractivity contribution < 1.29 is 99.2 Å². The normalized spacial score (nSPS) is 37.3. The lowest BCUT2D eigenvalue weighted by atomic mass is 9.97. The van der Waals surface area contributed by atoms with Gasteiger partial charge < -0.3 is 99.2 Å². The van der Waals surface area contributed by atoms with Gasteiger partial charge in [-0.15, -0.1) is 0 Å². The molecule has 2 aromatic carbocycles. The predicted octanol–water partition coefficient (Wildman–Crippen LogP) is -4.21. The molecule has 15 atom stereocenters. The molecule has 54 heavy (non-hydrogen) atoms. The Morgan fingerprint density at radius 2 is 1.24 bits per heavy atom. The molecule has 3 aliphatic rings. The number of aliphatic hydroxyl groups is 10. The van der Waals surface area contributed by atoms with E-state index >= 15 is 0 Å². The van der Waals surface area contributed by atoms with Gasteiger partial charge in [0.05, 0.1) is 19.3 Å². The molecule has 21 nitrogen and oxygen atoms in total. The minimum Gasteiger partial charge on any atom is -0.507 e. The summed E-state index contributed by atoms with van der Waals surface area (Å²) in [5, 5.41) is 134. The van der Waals surface area contributed by atoms with Gasteiger partial charge in [0.1, 0.15) is 83.5 Å². The molecule has 3 fully saturated rings. The third-order valence-electron chi connectivity index (χ3n) is 9.40. The maximum atomic E-state index is 14.2. The zero-order valence-electron chi connectivity index (χ0n) is 28.0. The van der Waals surface area contributed by atoms with Crippen LogP contribution in [0.25, 0.3) is 22.3 Å². The molecule has 3 saturated heterocycles. The average molecular weight is 773 g/mol. The SMILES string of the molecule is CC1OC(Oc2cc(O)c3c(=O)c(OC4OC(CO)C(O)C(O)C4OC4OC(CO)C(O)C(O)C4O)c(-c4ccc(O)c(O)c4)oc3c2)C(O)C(O)C1O. The van der Waals surface area contributed by atoms with Crippen LogP contribution in [0.1, 0.15) is 6.92 Å². The summed E-state index contributed by atoms with van der Waals surface area (Å²) >= 11 is 0. The summed E-state index contributed by atoms with van der Waals surface area (Å²) in [5.74, 6) is -3.63. The van der Waals surface area contributed by atoms with Gasteiger partial charge in [0, 0.05) is 17.7 Å². The second-order valence-electron chi connectivity index (χ2n) is 13.0.